The van der Waals surface area contributed by atoms with Crippen LogP contribution < -0.4 is 0 Å². The minimum atomic E-state index is -0.251. The standard InChI is InChI=1S/C15H12BrCl2N3/c1-8-3-5-12-15(19-8)21(14(20-12)9(2)17)13-6-4-10(16)7-11(13)18/h3-7,9H,1-2H3. The van der Waals surface area contributed by atoms with E-state index in [0.29, 0.717) is 5.02 Å². The number of benzene rings is 1. The van der Waals surface area contributed by atoms with E-state index in [9.17, 15) is 0 Å². The van der Waals surface area contributed by atoms with Gasteiger partial charge in [-0.05, 0) is 44.2 Å². The average Bonchev–Trinajstić information content (AvgIpc) is 2.77. The van der Waals surface area contributed by atoms with E-state index < -0.39 is 0 Å². The lowest BCUT2D eigenvalue weighted by Crippen LogP contribution is -2.03. The quantitative estimate of drug-likeness (QED) is 0.550. The van der Waals surface area contributed by atoms with E-state index in [1.165, 1.54) is 0 Å². The number of alkyl halides is 1. The fraction of sp³-hybridized carbons (Fsp3) is 0.200. The summed E-state index contributed by atoms with van der Waals surface area (Å²) in [6.07, 6.45) is 0. The van der Waals surface area contributed by atoms with Crippen molar-refractivity contribution in [2.24, 2.45) is 0 Å². The Balaban J connectivity index is 2.38. The summed E-state index contributed by atoms with van der Waals surface area (Å²) >= 11 is 16.1. The molecule has 0 N–H and O–H groups in total. The van der Waals surface area contributed by atoms with Crippen LogP contribution in [0.3, 0.4) is 0 Å². The number of pyridine rings is 1. The summed E-state index contributed by atoms with van der Waals surface area (Å²) in [5.74, 6) is 0.731. The lowest BCUT2D eigenvalue weighted by atomic mass is 10.3. The Hall–Kier alpha value is -1.10. The second-order valence-electron chi connectivity index (χ2n) is 4.81. The Labute approximate surface area is 141 Å². The van der Waals surface area contributed by atoms with Gasteiger partial charge in [-0.25, -0.2) is 9.97 Å². The van der Waals surface area contributed by atoms with Crippen molar-refractivity contribution in [2.75, 3.05) is 0 Å². The lowest BCUT2D eigenvalue weighted by molar-refractivity contribution is 0.876. The molecule has 2 heterocycles. The molecule has 0 aliphatic heterocycles. The van der Waals surface area contributed by atoms with Gasteiger partial charge in [-0.3, -0.25) is 4.57 Å². The summed E-state index contributed by atoms with van der Waals surface area (Å²) in [5.41, 5.74) is 3.32. The Morgan fingerprint density at radius 1 is 1.19 bits per heavy atom. The first-order valence-corrected chi connectivity index (χ1v) is 8.03. The predicted octanol–water partition coefficient (Wildman–Crippen LogP) is 5.44. The van der Waals surface area contributed by atoms with Crippen molar-refractivity contribution in [2.45, 2.75) is 19.2 Å². The molecule has 3 rings (SSSR count). The average molecular weight is 385 g/mol. The third-order valence-corrected chi connectivity index (χ3v) is 4.17. The first-order chi connectivity index (χ1) is 9.97. The van der Waals surface area contributed by atoms with Gasteiger partial charge >= 0.3 is 0 Å². The third-order valence-electron chi connectivity index (χ3n) is 3.18. The molecule has 0 bridgehead atoms. The van der Waals surface area contributed by atoms with Crippen molar-refractivity contribution >= 4 is 50.3 Å². The molecule has 2 aromatic heterocycles. The lowest BCUT2D eigenvalue weighted by Gasteiger charge is -2.12. The van der Waals surface area contributed by atoms with Gasteiger partial charge in [0.1, 0.15) is 11.3 Å². The van der Waals surface area contributed by atoms with Gasteiger partial charge in [-0.15, -0.1) is 11.6 Å². The van der Waals surface area contributed by atoms with Crippen LogP contribution in [0.4, 0.5) is 0 Å². The van der Waals surface area contributed by atoms with Gasteiger partial charge < -0.3 is 0 Å². The Morgan fingerprint density at radius 2 is 1.95 bits per heavy atom. The molecule has 0 spiro atoms. The molecule has 3 aromatic rings. The fourth-order valence-electron chi connectivity index (χ4n) is 2.24. The van der Waals surface area contributed by atoms with Gasteiger partial charge in [-0.2, -0.15) is 0 Å². The Kier molecular flexibility index (Phi) is 3.95. The van der Waals surface area contributed by atoms with Crippen molar-refractivity contribution in [1.29, 1.82) is 0 Å². The summed E-state index contributed by atoms with van der Waals surface area (Å²) in [7, 11) is 0. The molecular formula is C15H12BrCl2N3. The number of imidazole rings is 1. The predicted molar refractivity (Wildman–Crippen MR) is 90.6 cm³/mol. The van der Waals surface area contributed by atoms with Gasteiger partial charge in [0.2, 0.25) is 0 Å². The molecule has 0 aliphatic carbocycles. The number of nitrogens with zero attached hydrogens (tertiary/aromatic N) is 3. The first kappa shape index (κ1) is 14.8. The number of aryl methyl sites for hydroxylation is 1. The number of hydrogen-bond acceptors (Lipinski definition) is 2. The maximum Gasteiger partial charge on any atom is 0.165 e. The van der Waals surface area contributed by atoms with Crippen LogP contribution >= 0.6 is 39.1 Å². The number of hydrogen-bond donors (Lipinski definition) is 0. The zero-order chi connectivity index (χ0) is 15.1. The highest BCUT2D eigenvalue weighted by atomic mass is 79.9. The van der Waals surface area contributed by atoms with Crippen molar-refractivity contribution in [3.8, 4) is 5.69 Å². The molecule has 1 unspecified atom stereocenters. The van der Waals surface area contributed by atoms with Gasteiger partial charge in [0.15, 0.2) is 5.65 Å². The molecule has 0 saturated heterocycles. The van der Waals surface area contributed by atoms with Crippen LogP contribution in [0.15, 0.2) is 34.8 Å². The molecule has 0 amide bonds. The molecule has 3 nitrogen and oxygen atoms in total. The normalized spacial score (nSPS) is 12.8. The highest BCUT2D eigenvalue weighted by molar-refractivity contribution is 9.10. The highest BCUT2D eigenvalue weighted by Crippen LogP contribution is 2.32. The summed E-state index contributed by atoms with van der Waals surface area (Å²) in [6, 6.07) is 9.60. The van der Waals surface area contributed by atoms with Gasteiger partial charge in [0, 0.05) is 10.2 Å². The van der Waals surface area contributed by atoms with E-state index in [4.69, 9.17) is 23.2 Å². The topological polar surface area (TPSA) is 30.7 Å². The Morgan fingerprint density at radius 3 is 2.62 bits per heavy atom. The molecule has 0 radical (unpaired) electrons. The van der Waals surface area contributed by atoms with Crippen LogP contribution in [0.2, 0.25) is 5.02 Å². The minimum Gasteiger partial charge on any atom is -0.278 e. The van der Waals surface area contributed by atoms with Gasteiger partial charge in [-0.1, -0.05) is 27.5 Å². The number of halogens is 3. The number of fused-ring (bicyclic) bond motifs is 1. The van der Waals surface area contributed by atoms with E-state index in [1.54, 1.807) is 0 Å². The Bertz CT molecular complexity index is 827. The molecule has 0 fully saturated rings. The largest absolute Gasteiger partial charge is 0.278 e. The maximum atomic E-state index is 6.39. The number of rotatable bonds is 2. The summed E-state index contributed by atoms with van der Waals surface area (Å²) < 4.78 is 2.85. The van der Waals surface area contributed by atoms with E-state index >= 15 is 0 Å². The van der Waals surface area contributed by atoms with Crippen LogP contribution in [0.5, 0.6) is 0 Å². The molecular weight excluding hydrogens is 373 g/mol. The maximum absolute atomic E-state index is 6.39. The fourth-order valence-corrected chi connectivity index (χ4v) is 3.14. The van der Waals surface area contributed by atoms with E-state index in [0.717, 1.165) is 32.8 Å². The van der Waals surface area contributed by atoms with Crippen LogP contribution in [0.1, 0.15) is 23.8 Å². The van der Waals surface area contributed by atoms with Crippen molar-refractivity contribution < 1.29 is 0 Å². The smallest absolute Gasteiger partial charge is 0.165 e. The SMILES string of the molecule is Cc1ccc2nc(C(C)Cl)n(-c3ccc(Br)cc3Cl)c2n1. The van der Waals surface area contributed by atoms with Gasteiger partial charge in [0.25, 0.3) is 0 Å². The molecule has 6 heteroatoms. The van der Waals surface area contributed by atoms with Crippen molar-refractivity contribution in [3.05, 3.63) is 51.3 Å². The van der Waals surface area contributed by atoms with E-state index in [1.807, 2.05) is 48.7 Å². The zero-order valence-corrected chi connectivity index (χ0v) is 14.5. The van der Waals surface area contributed by atoms with Crippen LogP contribution in [0.25, 0.3) is 16.9 Å². The van der Waals surface area contributed by atoms with Crippen LogP contribution in [-0.2, 0) is 0 Å². The minimum absolute atomic E-state index is 0.251. The molecule has 0 aliphatic rings. The molecule has 1 atom stereocenters. The highest BCUT2D eigenvalue weighted by Gasteiger charge is 2.19. The van der Waals surface area contributed by atoms with Crippen LogP contribution in [0, 0.1) is 6.92 Å². The second-order valence-corrected chi connectivity index (χ2v) is 6.79. The summed E-state index contributed by atoms with van der Waals surface area (Å²) in [5, 5.41) is 0.366. The second kappa shape index (κ2) is 5.59. The van der Waals surface area contributed by atoms with Gasteiger partial charge in [0.05, 0.1) is 16.1 Å². The molecule has 108 valence electrons. The first-order valence-electron chi connectivity index (χ1n) is 6.43. The van der Waals surface area contributed by atoms with E-state index in [2.05, 4.69) is 25.9 Å². The molecule has 0 saturated carbocycles. The molecule has 21 heavy (non-hydrogen) atoms. The van der Waals surface area contributed by atoms with Crippen molar-refractivity contribution in [3.63, 3.8) is 0 Å². The monoisotopic (exact) mass is 383 g/mol. The summed E-state index contributed by atoms with van der Waals surface area (Å²) in [4.78, 5) is 9.18. The molecule has 1 aromatic carbocycles. The number of aromatic nitrogens is 3. The zero-order valence-electron chi connectivity index (χ0n) is 11.4. The van der Waals surface area contributed by atoms with Crippen molar-refractivity contribution in [1.82, 2.24) is 14.5 Å². The summed E-state index contributed by atoms with van der Waals surface area (Å²) in [6.45, 7) is 3.84. The van der Waals surface area contributed by atoms with Crippen LogP contribution in [-0.4, -0.2) is 14.5 Å². The van der Waals surface area contributed by atoms with E-state index in [-0.39, 0.29) is 5.38 Å². The third kappa shape index (κ3) is 2.68.